The second kappa shape index (κ2) is 9.62. The van der Waals surface area contributed by atoms with E-state index in [1.165, 1.54) is 5.56 Å². The first kappa shape index (κ1) is 18.7. The van der Waals surface area contributed by atoms with Crippen molar-refractivity contribution in [2.75, 3.05) is 13.1 Å². The van der Waals surface area contributed by atoms with Gasteiger partial charge in [0.05, 0.1) is 6.42 Å². The van der Waals surface area contributed by atoms with Gasteiger partial charge in [-0.1, -0.05) is 72.9 Å². The molecule has 0 bridgehead atoms. The van der Waals surface area contributed by atoms with Gasteiger partial charge in [-0.3, -0.25) is 4.79 Å². The van der Waals surface area contributed by atoms with Crippen LogP contribution in [0.25, 0.3) is 0 Å². The maximum atomic E-state index is 12.7. The molecule has 0 aliphatic carbocycles. The van der Waals surface area contributed by atoms with Gasteiger partial charge in [0.15, 0.2) is 0 Å². The summed E-state index contributed by atoms with van der Waals surface area (Å²) in [5.74, 6) is 0.108. The molecule has 0 fully saturated rings. The van der Waals surface area contributed by atoms with Gasteiger partial charge in [-0.2, -0.15) is 0 Å². The number of allylic oxidation sites excluding steroid dienone is 3. The van der Waals surface area contributed by atoms with Crippen molar-refractivity contribution in [3.8, 4) is 0 Å². The van der Waals surface area contributed by atoms with Crippen LogP contribution in [0, 0.1) is 6.92 Å². The Kier molecular flexibility index (Phi) is 7.82. The Morgan fingerprint density at radius 3 is 2.39 bits per heavy atom. The molecule has 0 aliphatic rings. The lowest BCUT2D eigenvalue weighted by atomic mass is 10.1. The number of amides is 1. The Morgan fingerprint density at radius 1 is 1.22 bits per heavy atom. The highest BCUT2D eigenvalue weighted by molar-refractivity contribution is 5.79. The minimum atomic E-state index is 0.108. The molecule has 1 rings (SSSR count). The van der Waals surface area contributed by atoms with Crippen LogP contribution in [0.4, 0.5) is 0 Å². The molecule has 1 amide bonds. The first-order valence-electron chi connectivity index (χ1n) is 7.88. The van der Waals surface area contributed by atoms with Gasteiger partial charge in [0.25, 0.3) is 0 Å². The van der Waals surface area contributed by atoms with Gasteiger partial charge in [0.2, 0.25) is 5.91 Å². The van der Waals surface area contributed by atoms with Crippen LogP contribution in [0.5, 0.6) is 0 Å². The second-order valence-electron chi connectivity index (χ2n) is 5.85. The average molecular weight is 309 g/mol. The van der Waals surface area contributed by atoms with Crippen LogP contribution in [0.3, 0.4) is 0 Å². The van der Waals surface area contributed by atoms with E-state index in [1.807, 2.05) is 68.2 Å². The summed E-state index contributed by atoms with van der Waals surface area (Å²) in [6.45, 7) is 14.8. The molecule has 2 nitrogen and oxygen atoms in total. The van der Waals surface area contributed by atoms with Gasteiger partial charge in [0.1, 0.15) is 0 Å². The lowest BCUT2D eigenvalue weighted by Gasteiger charge is -2.23. The van der Waals surface area contributed by atoms with Crippen LogP contribution in [0.2, 0.25) is 0 Å². The molecule has 0 aromatic heterocycles. The van der Waals surface area contributed by atoms with E-state index in [0.29, 0.717) is 19.5 Å². The van der Waals surface area contributed by atoms with Crippen LogP contribution >= 0.6 is 0 Å². The van der Waals surface area contributed by atoms with Gasteiger partial charge in [0, 0.05) is 13.1 Å². The van der Waals surface area contributed by atoms with Gasteiger partial charge < -0.3 is 4.90 Å². The highest BCUT2D eigenvalue weighted by atomic mass is 16.2. The van der Waals surface area contributed by atoms with Crippen molar-refractivity contribution in [2.45, 2.75) is 27.2 Å². The van der Waals surface area contributed by atoms with Crippen LogP contribution < -0.4 is 0 Å². The second-order valence-corrected chi connectivity index (χ2v) is 5.85. The molecule has 122 valence electrons. The van der Waals surface area contributed by atoms with E-state index in [2.05, 4.69) is 13.2 Å². The molecular formula is C21H27NO. The highest BCUT2D eigenvalue weighted by Crippen LogP contribution is 2.10. The molecule has 0 saturated carbocycles. The molecule has 2 heteroatoms. The van der Waals surface area contributed by atoms with Crippen molar-refractivity contribution in [3.63, 3.8) is 0 Å². The van der Waals surface area contributed by atoms with Crippen molar-refractivity contribution < 1.29 is 4.79 Å². The standard InChI is InChI=1S/C21H27NO/c1-6-8-20(9-7-2)16-22(15-17(3)4)21(23)14-19-12-10-18(5)11-13-19/h6-13H,1,3,14-16H2,2,4-5H3/b9-7-,20-8+. The topological polar surface area (TPSA) is 20.3 Å². The Bertz CT molecular complexity index is 605. The predicted molar refractivity (Wildman–Crippen MR) is 99.4 cm³/mol. The molecule has 0 N–H and O–H groups in total. The lowest BCUT2D eigenvalue weighted by molar-refractivity contribution is -0.129. The Balaban J connectivity index is 2.89. The fraction of sp³-hybridized carbons (Fsp3) is 0.286. The molecule has 0 atom stereocenters. The van der Waals surface area contributed by atoms with Gasteiger partial charge in [-0.25, -0.2) is 0 Å². The fourth-order valence-electron chi connectivity index (χ4n) is 2.30. The Morgan fingerprint density at radius 2 is 1.87 bits per heavy atom. The third-order valence-corrected chi connectivity index (χ3v) is 3.38. The zero-order chi connectivity index (χ0) is 17.2. The van der Waals surface area contributed by atoms with E-state index < -0.39 is 0 Å². The van der Waals surface area contributed by atoms with Crippen molar-refractivity contribution in [2.24, 2.45) is 0 Å². The summed E-state index contributed by atoms with van der Waals surface area (Å²) < 4.78 is 0. The van der Waals surface area contributed by atoms with E-state index in [0.717, 1.165) is 16.7 Å². The van der Waals surface area contributed by atoms with Gasteiger partial charge in [-0.05, 0) is 31.9 Å². The van der Waals surface area contributed by atoms with E-state index >= 15 is 0 Å². The first-order valence-corrected chi connectivity index (χ1v) is 7.88. The Hall–Kier alpha value is -2.35. The van der Waals surface area contributed by atoms with E-state index in [9.17, 15) is 4.79 Å². The van der Waals surface area contributed by atoms with Crippen LogP contribution in [-0.4, -0.2) is 23.9 Å². The number of carbonyl (C=O) groups is 1. The average Bonchev–Trinajstić information content (AvgIpc) is 2.49. The zero-order valence-corrected chi connectivity index (χ0v) is 14.5. The monoisotopic (exact) mass is 309 g/mol. The molecule has 0 unspecified atom stereocenters. The number of benzene rings is 1. The van der Waals surface area contributed by atoms with E-state index in [1.54, 1.807) is 6.08 Å². The maximum absolute atomic E-state index is 12.7. The van der Waals surface area contributed by atoms with Crippen LogP contribution in [0.1, 0.15) is 25.0 Å². The van der Waals surface area contributed by atoms with Gasteiger partial charge in [-0.15, -0.1) is 0 Å². The van der Waals surface area contributed by atoms with Crippen molar-refractivity contribution in [3.05, 3.63) is 84.0 Å². The summed E-state index contributed by atoms with van der Waals surface area (Å²) in [5.41, 5.74) is 4.26. The summed E-state index contributed by atoms with van der Waals surface area (Å²) in [7, 11) is 0. The normalized spacial score (nSPS) is 11.5. The summed E-state index contributed by atoms with van der Waals surface area (Å²) in [4.78, 5) is 14.5. The molecule has 0 saturated heterocycles. The lowest BCUT2D eigenvalue weighted by Crippen LogP contribution is -2.35. The summed E-state index contributed by atoms with van der Waals surface area (Å²) >= 11 is 0. The van der Waals surface area contributed by atoms with E-state index in [-0.39, 0.29) is 5.91 Å². The minimum Gasteiger partial charge on any atom is -0.334 e. The molecular weight excluding hydrogens is 282 g/mol. The smallest absolute Gasteiger partial charge is 0.227 e. The molecule has 1 aromatic rings. The maximum Gasteiger partial charge on any atom is 0.227 e. The number of hydrogen-bond donors (Lipinski definition) is 0. The number of hydrogen-bond acceptors (Lipinski definition) is 1. The first-order chi connectivity index (χ1) is 11.0. The molecule has 0 aliphatic heterocycles. The molecule has 1 aromatic carbocycles. The fourth-order valence-corrected chi connectivity index (χ4v) is 2.30. The number of aryl methyl sites for hydroxylation is 1. The number of carbonyl (C=O) groups excluding carboxylic acids is 1. The van der Waals surface area contributed by atoms with Crippen molar-refractivity contribution >= 4 is 5.91 Å². The summed E-state index contributed by atoms with van der Waals surface area (Å²) in [6.07, 6.45) is 8.07. The predicted octanol–water partition coefficient (Wildman–Crippen LogP) is 4.63. The van der Waals surface area contributed by atoms with Crippen molar-refractivity contribution in [1.82, 2.24) is 4.90 Å². The quantitative estimate of drug-likeness (QED) is 0.506. The van der Waals surface area contributed by atoms with Gasteiger partial charge >= 0.3 is 0 Å². The minimum absolute atomic E-state index is 0.108. The number of nitrogens with zero attached hydrogens (tertiary/aromatic N) is 1. The zero-order valence-electron chi connectivity index (χ0n) is 14.5. The largest absolute Gasteiger partial charge is 0.334 e. The molecule has 23 heavy (non-hydrogen) atoms. The molecule has 0 radical (unpaired) electrons. The summed E-state index contributed by atoms with van der Waals surface area (Å²) in [5, 5.41) is 0. The Labute approximate surface area is 140 Å². The third kappa shape index (κ3) is 6.96. The van der Waals surface area contributed by atoms with Crippen LogP contribution in [0.15, 0.2) is 72.9 Å². The molecule has 0 spiro atoms. The number of rotatable bonds is 8. The van der Waals surface area contributed by atoms with Crippen LogP contribution in [-0.2, 0) is 11.2 Å². The SMILES string of the molecule is C=C/C=C(\C=C/C)CN(CC(=C)C)C(=O)Cc1ccc(C)cc1. The molecule has 0 heterocycles. The summed E-state index contributed by atoms with van der Waals surface area (Å²) in [6, 6.07) is 8.10. The highest BCUT2D eigenvalue weighted by Gasteiger charge is 2.15. The third-order valence-electron chi connectivity index (χ3n) is 3.38. The van der Waals surface area contributed by atoms with E-state index in [4.69, 9.17) is 0 Å². The van der Waals surface area contributed by atoms with Crippen molar-refractivity contribution in [1.29, 1.82) is 0 Å².